The maximum atomic E-state index is 12.9. The van der Waals surface area contributed by atoms with Gasteiger partial charge in [0, 0.05) is 22.5 Å². The summed E-state index contributed by atoms with van der Waals surface area (Å²) in [7, 11) is 0. The summed E-state index contributed by atoms with van der Waals surface area (Å²) in [4.78, 5) is 35.2. The van der Waals surface area contributed by atoms with Gasteiger partial charge in [-0.15, -0.1) is 11.3 Å². The Labute approximate surface area is 177 Å². The summed E-state index contributed by atoms with van der Waals surface area (Å²) in [5.74, 6) is 0.636. The summed E-state index contributed by atoms with van der Waals surface area (Å²) in [6, 6.07) is 11.6. The second-order valence-electron chi connectivity index (χ2n) is 6.98. The van der Waals surface area contributed by atoms with Crippen molar-refractivity contribution in [2.24, 2.45) is 0 Å². The van der Waals surface area contributed by atoms with E-state index in [1.807, 2.05) is 48.7 Å². The van der Waals surface area contributed by atoms with Crippen LogP contribution in [0.15, 0.2) is 46.6 Å². The molecule has 3 N–H and O–H groups in total. The van der Waals surface area contributed by atoms with E-state index in [-0.39, 0.29) is 17.9 Å². The number of aromatic amines is 1. The molecule has 0 spiro atoms. The zero-order valence-electron chi connectivity index (χ0n) is 16.7. The van der Waals surface area contributed by atoms with Crippen LogP contribution in [0.5, 0.6) is 0 Å². The van der Waals surface area contributed by atoms with Gasteiger partial charge in [0.1, 0.15) is 0 Å². The van der Waals surface area contributed by atoms with Crippen LogP contribution < -0.4 is 16.2 Å². The maximum absolute atomic E-state index is 12.9. The molecular formula is C21H22N6O2S. The lowest BCUT2D eigenvalue weighted by Gasteiger charge is -2.08. The number of carbonyl (C=O) groups excluding carboxylic acids is 1. The number of aryl methyl sites for hydroxylation is 2. The number of thiophene rings is 1. The molecule has 0 radical (unpaired) electrons. The van der Waals surface area contributed by atoms with Crippen molar-refractivity contribution in [3.8, 4) is 0 Å². The molecule has 0 aliphatic heterocycles. The van der Waals surface area contributed by atoms with Gasteiger partial charge in [-0.3, -0.25) is 14.7 Å². The lowest BCUT2D eigenvalue weighted by molar-refractivity contribution is -0.116. The summed E-state index contributed by atoms with van der Waals surface area (Å²) >= 11 is 1.64. The number of hydrogen-bond donors (Lipinski definition) is 3. The number of carbonyl (C=O) groups is 1. The van der Waals surface area contributed by atoms with Crippen molar-refractivity contribution < 1.29 is 4.79 Å². The molecule has 4 aromatic rings. The van der Waals surface area contributed by atoms with Gasteiger partial charge in [0.05, 0.1) is 12.2 Å². The minimum Gasteiger partial charge on any atom is -0.350 e. The van der Waals surface area contributed by atoms with Crippen molar-refractivity contribution in [3.63, 3.8) is 0 Å². The summed E-state index contributed by atoms with van der Waals surface area (Å²) in [6.07, 6.45) is 0.491. The number of H-pyrrole nitrogens is 1. The fraction of sp³-hybridized carbons (Fsp3) is 0.238. The van der Waals surface area contributed by atoms with Gasteiger partial charge in [0.15, 0.2) is 0 Å². The molecule has 3 aromatic heterocycles. The van der Waals surface area contributed by atoms with Crippen molar-refractivity contribution in [1.82, 2.24) is 19.6 Å². The SMILES string of the molecule is Cc1ccccc1NC(=O)CCc1c(C)nc2nc(NCc3cccs3)[nH]n2c1=O. The first-order valence-electron chi connectivity index (χ1n) is 9.61. The van der Waals surface area contributed by atoms with E-state index in [4.69, 9.17) is 0 Å². The Kier molecular flexibility index (Phi) is 5.62. The smallest absolute Gasteiger partial charge is 0.277 e. The van der Waals surface area contributed by atoms with Gasteiger partial charge < -0.3 is 10.6 Å². The molecule has 0 fully saturated rings. The normalized spacial score (nSPS) is 11.0. The molecule has 1 amide bonds. The molecule has 0 aliphatic rings. The van der Waals surface area contributed by atoms with Crippen LogP contribution in [0, 0.1) is 13.8 Å². The number of nitrogens with zero attached hydrogens (tertiary/aromatic N) is 3. The van der Waals surface area contributed by atoms with Gasteiger partial charge in [0.25, 0.3) is 11.3 Å². The average molecular weight is 423 g/mol. The predicted molar refractivity (Wildman–Crippen MR) is 118 cm³/mol. The highest BCUT2D eigenvalue weighted by molar-refractivity contribution is 7.09. The Morgan fingerprint density at radius 2 is 2.00 bits per heavy atom. The van der Waals surface area contributed by atoms with Crippen LogP contribution in [0.3, 0.4) is 0 Å². The number of aromatic nitrogens is 4. The van der Waals surface area contributed by atoms with Crippen LogP contribution in [-0.4, -0.2) is 25.5 Å². The van der Waals surface area contributed by atoms with E-state index in [9.17, 15) is 9.59 Å². The monoisotopic (exact) mass is 422 g/mol. The summed E-state index contributed by atoms with van der Waals surface area (Å²) < 4.78 is 1.32. The van der Waals surface area contributed by atoms with Gasteiger partial charge in [-0.25, -0.2) is 4.98 Å². The molecule has 4 rings (SSSR count). The van der Waals surface area contributed by atoms with Crippen LogP contribution in [0.2, 0.25) is 0 Å². The largest absolute Gasteiger partial charge is 0.350 e. The number of rotatable bonds is 7. The van der Waals surface area contributed by atoms with Crippen LogP contribution in [0.25, 0.3) is 5.78 Å². The van der Waals surface area contributed by atoms with Crippen molar-refractivity contribution in [3.05, 3.63) is 73.8 Å². The van der Waals surface area contributed by atoms with Crippen LogP contribution in [-0.2, 0) is 17.8 Å². The van der Waals surface area contributed by atoms with Gasteiger partial charge >= 0.3 is 0 Å². The first-order chi connectivity index (χ1) is 14.5. The molecule has 0 atom stereocenters. The van der Waals surface area contributed by atoms with Crippen LogP contribution in [0.4, 0.5) is 11.6 Å². The molecular weight excluding hydrogens is 400 g/mol. The third-order valence-electron chi connectivity index (χ3n) is 4.83. The van der Waals surface area contributed by atoms with E-state index in [2.05, 4.69) is 25.7 Å². The van der Waals surface area contributed by atoms with Gasteiger partial charge in [-0.2, -0.15) is 9.50 Å². The molecule has 1 aromatic carbocycles. The van der Waals surface area contributed by atoms with Gasteiger partial charge in [0.2, 0.25) is 11.9 Å². The summed E-state index contributed by atoms with van der Waals surface area (Å²) in [5.41, 5.74) is 2.61. The van der Waals surface area contributed by atoms with Crippen molar-refractivity contribution >= 4 is 34.7 Å². The van der Waals surface area contributed by atoms with E-state index in [0.717, 1.165) is 16.1 Å². The number of hydrogen-bond acceptors (Lipinski definition) is 6. The Bertz CT molecular complexity index is 1240. The summed E-state index contributed by atoms with van der Waals surface area (Å²) in [5, 5.41) is 11.0. The molecule has 0 aliphatic carbocycles. The molecule has 0 bridgehead atoms. The van der Waals surface area contributed by atoms with Crippen molar-refractivity contribution in [2.75, 3.05) is 10.6 Å². The summed E-state index contributed by atoms with van der Waals surface area (Å²) in [6.45, 7) is 4.31. The zero-order chi connectivity index (χ0) is 21.1. The minimum absolute atomic E-state index is 0.142. The predicted octanol–water partition coefficient (Wildman–Crippen LogP) is 3.28. The first-order valence-corrected chi connectivity index (χ1v) is 10.5. The van der Waals surface area contributed by atoms with Crippen molar-refractivity contribution in [2.45, 2.75) is 33.2 Å². The van der Waals surface area contributed by atoms with Gasteiger partial charge in [-0.1, -0.05) is 24.3 Å². The Morgan fingerprint density at radius 1 is 1.17 bits per heavy atom. The number of anilines is 2. The van der Waals surface area contributed by atoms with E-state index < -0.39 is 0 Å². The zero-order valence-corrected chi connectivity index (χ0v) is 17.5. The number of para-hydroxylation sites is 1. The highest BCUT2D eigenvalue weighted by atomic mass is 32.1. The Morgan fingerprint density at radius 3 is 2.77 bits per heavy atom. The lowest BCUT2D eigenvalue weighted by Crippen LogP contribution is -2.23. The molecule has 0 saturated carbocycles. The highest BCUT2D eigenvalue weighted by Gasteiger charge is 2.15. The minimum atomic E-state index is -0.238. The molecule has 0 saturated heterocycles. The molecule has 0 unspecified atom stereocenters. The number of benzene rings is 1. The Balaban J connectivity index is 1.47. The quantitative estimate of drug-likeness (QED) is 0.424. The van der Waals surface area contributed by atoms with E-state index in [1.54, 1.807) is 18.3 Å². The van der Waals surface area contributed by atoms with Crippen LogP contribution in [0.1, 0.15) is 28.1 Å². The van der Waals surface area contributed by atoms with Crippen molar-refractivity contribution in [1.29, 1.82) is 0 Å². The number of fused-ring (bicyclic) bond motifs is 1. The average Bonchev–Trinajstić information content (AvgIpc) is 3.37. The third kappa shape index (κ3) is 4.25. The second kappa shape index (κ2) is 8.50. The second-order valence-corrected chi connectivity index (χ2v) is 8.02. The maximum Gasteiger partial charge on any atom is 0.277 e. The Hall–Kier alpha value is -3.46. The fourth-order valence-electron chi connectivity index (χ4n) is 3.17. The fourth-order valence-corrected chi connectivity index (χ4v) is 3.81. The van der Waals surface area contributed by atoms with E-state index in [0.29, 0.717) is 35.9 Å². The van der Waals surface area contributed by atoms with E-state index >= 15 is 0 Å². The highest BCUT2D eigenvalue weighted by Crippen LogP contribution is 2.15. The molecule has 3 heterocycles. The standard InChI is InChI=1S/C21H22N6O2S/c1-13-6-3-4-8-17(13)24-18(28)10-9-16-14(2)23-21-25-20(26-27(21)19(16)29)22-12-15-7-5-11-30-15/h3-8,11H,9-10,12H2,1-2H3,(H,24,28)(H2,22,23,25,26). The molecule has 154 valence electrons. The number of amides is 1. The van der Waals surface area contributed by atoms with Crippen LogP contribution >= 0.6 is 11.3 Å². The van der Waals surface area contributed by atoms with Gasteiger partial charge in [-0.05, 0) is 43.3 Å². The number of nitrogens with one attached hydrogen (secondary N) is 3. The molecule has 9 heteroatoms. The lowest BCUT2D eigenvalue weighted by atomic mass is 10.1. The van der Waals surface area contributed by atoms with E-state index in [1.165, 1.54) is 4.52 Å². The third-order valence-corrected chi connectivity index (χ3v) is 5.70. The topological polar surface area (TPSA) is 104 Å². The molecule has 30 heavy (non-hydrogen) atoms. The molecule has 8 nitrogen and oxygen atoms in total. The first kappa shape index (κ1) is 19.8.